The van der Waals surface area contributed by atoms with E-state index in [9.17, 15) is 4.39 Å². The molecule has 2 aromatic carbocycles. The predicted octanol–water partition coefficient (Wildman–Crippen LogP) is 5.10. The van der Waals surface area contributed by atoms with Crippen molar-refractivity contribution in [2.75, 3.05) is 0 Å². The fraction of sp³-hybridized carbons (Fsp3) is 0.250. The van der Waals surface area contributed by atoms with Crippen molar-refractivity contribution < 1.29 is 9.13 Å². The number of halogens is 3. The van der Waals surface area contributed by atoms with Gasteiger partial charge < -0.3 is 10.5 Å². The van der Waals surface area contributed by atoms with E-state index < -0.39 is 6.10 Å². The number of ether oxygens (including phenoxy) is 1. The van der Waals surface area contributed by atoms with Gasteiger partial charge in [-0.1, -0.05) is 46.6 Å². The molecule has 2 N–H and O–H groups in total. The summed E-state index contributed by atoms with van der Waals surface area (Å²) in [5.41, 5.74) is 6.82. The standard InChI is InChI=1S/C16H16BrClFNO/c1-2-14(20)16(10-4-3-5-12(19)8-10)21-15-7-6-11(17)9-13(15)18/h3-9,14,16H,2,20H2,1H3. The number of hydrogen-bond acceptors (Lipinski definition) is 2. The molecule has 0 radical (unpaired) electrons. The molecule has 0 aliphatic carbocycles. The van der Waals surface area contributed by atoms with Crippen LogP contribution in [0.4, 0.5) is 4.39 Å². The lowest BCUT2D eigenvalue weighted by Crippen LogP contribution is -2.31. The molecular weight excluding hydrogens is 357 g/mol. The van der Waals surface area contributed by atoms with Crippen LogP contribution >= 0.6 is 27.5 Å². The highest BCUT2D eigenvalue weighted by atomic mass is 79.9. The van der Waals surface area contributed by atoms with Crippen LogP contribution < -0.4 is 10.5 Å². The average molecular weight is 373 g/mol. The monoisotopic (exact) mass is 371 g/mol. The summed E-state index contributed by atoms with van der Waals surface area (Å²) in [6.45, 7) is 1.96. The molecule has 0 saturated heterocycles. The second-order valence-electron chi connectivity index (χ2n) is 4.74. The van der Waals surface area contributed by atoms with Gasteiger partial charge in [-0.3, -0.25) is 0 Å². The van der Waals surface area contributed by atoms with Gasteiger partial charge in [0.2, 0.25) is 0 Å². The van der Waals surface area contributed by atoms with Gasteiger partial charge in [-0.15, -0.1) is 0 Å². The maximum absolute atomic E-state index is 13.4. The Morgan fingerprint density at radius 3 is 2.67 bits per heavy atom. The molecule has 112 valence electrons. The van der Waals surface area contributed by atoms with Crippen molar-refractivity contribution in [1.29, 1.82) is 0 Å². The van der Waals surface area contributed by atoms with E-state index in [-0.39, 0.29) is 11.9 Å². The summed E-state index contributed by atoms with van der Waals surface area (Å²) in [6, 6.07) is 11.4. The minimum absolute atomic E-state index is 0.258. The van der Waals surface area contributed by atoms with E-state index >= 15 is 0 Å². The Hall–Kier alpha value is -1.10. The number of hydrogen-bond donors (Lipinski definition) is 1. The quantitative estimate of drug-likeness (QED) is 0.792. The largest absolute Gasteiger partial charge is 0.483 e. The van der Waals surface area contributed by atoms with Gasteiger partial charge in [-0.2, -0.15) is 0 Å². The molecule has 0 fully saturated rings. The molecule has 0 amide bonds. The van der Waals surface area contributed by atoms with Crippen LogP contribution in [-0.4, -0.2) is 6.04 Å². The molecule has 0 saturated carbocycles. The minimum atomic E-state index is -0.454. The summed E-state index contributed by atoms with van der Waals surface area (Å²) < 4.78 is 20.2. The third-order valence-electron chi connectivity index (χ3n) is 3.19. The van der Waals surface area contributed by atoms with Gasteiger partial charge in [-0.25, -0.2) is 4.39 Å². The van der Waals surface area contributed by atoms with E-state index in [0.717, 1.165) is 4.47 Å². The highest BCUT2D eigenvalue weighted by Gasteiger charge is 2.22. The highest BCUT2D eigenvalue weighted by Crippen LogP contribution is 2.33. The van der Waals surface area contributed by atoms with Crippen molar-refractivity contribution in [1.82, 2.24) is 0 Å². The number of benzene rings is 2. The molecule has 0 heterocycles. The van der Waals surface area contributed by atoms with Crippen LogP contribution in [0.15, 0.2) is 46.9 Å². The Bertz CT molecular complexity index is 623. The SMILES string of the molecule is CCC(N)C(Oc1ccc(Br)cc1Cl)c1cccc(F)c1. The summed E-state index contributed by atoms with van der Waals surface area (Å²) in [6.07, 6.45) is 0.249. The molecular formula is C16H16BrClFNO. The summed E-state index contributed by atoms with van der Waals surface area (Å²) in [5.74, 6) is 0.212. The molecule has 0 aliphatic rings. The molecule has 2 unspecified atom stereocenters. The maximum atomic E-state index is 13.4. The average Bonchev–Trinajstić information content (AvgIpc) is 2.45. The molecule has 0 aromatic heterocycles. The molecule has 2 nitrogen and oxygen atoms in total. The van der Waals surface area contributed by atoms with E-state index in [1.165, 1.54) is 12.1 Å². The smallest absolute Gasteiger partial charge is 0.139 e. The van der Waals surface area contributed by atoms with Crippen molar-refractivity contribution in [2.24, 2.45) is 5.73 Å². The predicted molar refractivity (Wildman–Crippen MR) is 87.2 cm³/mol. The fourth-order valence-electron chi connectivity index (χ4n) is 2.01. The van der Waals surface area contributed by atoms with Crippen LogP contribution in [-0.2, 0) is 0 Å². The molecule has 0 aliphatic heterocycles. The second kappa shape index (κ2) is 7.25. The molecule has 2 atom stereocenters. The lowest BCUT2D eigenvalue weighted by molar-refractivity contribution is 0.171. The van der Waals surface area contributed by atoms with Crippen LogP contribution in [0.5, 0.6) is 5.75 Å². The van der Waals surface area contributed by atoms with Crippen molar-refractivity contribution in [3.8, 4) is 5.75 Å². The molecule has 5 heteroatoms. The second-order valence-corrected chi connectivity index (χ2v) is 6.06. The lowest BCUT2D eigenvalue weighted by atomic mass is 10.0. The van der Waals surface area contributed by atoms with Gasteiger partial charge >= 0.3 is 0 Å². The van der Waals surface area contributed by atoms with E-state index in [4.69, 9.17) is 22.1 Å². The maximum Gasteiger partial charge on any atom is 0.139 e. The highest BCUT2D eigenvalue weighted by molar-refractivity contribution is 9.10. The Balaban J connectivity index is 2.33. The molecule has 2 rings (SSSR count). The van der Waals surface area contributed by atoms with Gasteiger partial charge in [0.15, 0.2) is 0 Å². The van der Waals surface area contributed by atoms with Gasteiger partial charge in [0.05, 0.1) is 5.02 Å². The van der Waals surface area contributed by atoms with Crippen molar-refractivity contribution in [2.45, 2.75) is 25.5 Å². The van der Waals surface area contributed by atoms with E-state index in [0.29, 0.717) is 22.8 Å². The number of nitrogens with two attached hydrogens (primary N) is 1. The van der Waals surface area contributed by atoms with Crippen molar-refractivity contribution >= 4 is 27.5 Å². The summed E-state index contributed by atoms with van der Waals surface area (Å²) in [7, 11) is 0. The normalized spacial score (nSPS) is 13.8. The third-order valence-corrected chi connectivity index (χ3v) is 3.97. The van der Waals surface area contributed by atoms with Crippen molar-refractivity contribution in [3.05, 3.63) is 63.3 Å². The van der Waals surface area contributed by atoms with E-state index in [1.807, 2.05) is 13.0 Å². The zero-order chi connectivity index (χ0) is 15.4. The first-order valence-corrected chi connectivity index (χ1v) is 7.81. The molecule has 0 bridgehead atoms. The van der Waals surface area contributed by atoms with Gasteiger partial charge in [-0.05, 0) is 42.3 Å². The first-order chi connectivity index (χ1) is 10.0. The van der Waals surface area contributed by atoms with Crippen LogP contribution in [0.2, 0.25) is 5.02 Å². The third kappa shape index (κ3) is 4.19. The van der Waals surface area contributed by atoms with Gasteiger partial charge in [0, 0.05) is 10.5 Å². The van der Waals surface area contributed by atoms with Crippen LogP contribution in [0.1, 0.15) is 25.0 Å². The van der Waals surface area contributed by atoms with Gasteiger partial charge in [0.1, 0.15) is 17.7 Å². The summed E-state index contributed by atoms with van der Waals surface area (Å²) in [5, 5.41) is 0.481. The topological polar surface area (TPSA) is 35.2 Å². The summed E-state index contributed by atoms with van der Waals surface area (Å²) >= 11 is 9.52. The van der Waals surface area contributed by atoms with Crippen LogP contribution in [0, 0.1) is 5.82 Å². The minimum Gasteiger partial charge on any atom is -0.483 e. The Kier molecular flexibility index (Phi) is 5.62. The zero-order valence-corrected chi connectivity index (χ0v) is 13.9. The Morgan fingerprint density at radius 1 is 1.29 bits per heavy atom. The Morgan fingerprint density at radius 2 is 2.05 bits per heavy atom. The van der Waals surface area contributed by atoms with E-state index in [2.05, 4.69) is 15.9 Å². The molecule has 21 heavy (non-hydrogen) atoms. The molecule has 0 spiro atoms. The fourth-order valence-corrected chi connectivity index (χ4v) is 2.73. The lowest BCUT2D eigenvalue weighted by Gasteiger charge is -2.25. The Labute approximate surface area is 137 Å². The van der Waals surface area contributed by atoms with Crippen LogP contribution in [0.3, 0.4) is 0 Å². The van der Waals surface area contributed by atoms with Crippen molar-refractivity contribution in [3.63, 3.8) is 0 Å². The molecule has 2 aromatic rings. The first kappa shape index (κ1) is 16.3. The van der Waals surface area contributed by atoms with Crippen LogP contribution in [0.25, 0.3) is 0 Å². The first-order valence-electron chi connectivity index (χ1n) is 6.64. The van der Waals surface area contributed by atoms with Gasteiger partial charge in [0.25, 0.3) is 0 Å². The van der Waals surface area contributed by atoms with E-state index in [1.54, 1.807) is 24.3 Å². The number of rotatable bonds is 5. The zero-order valence-electron chi connectivity index (χ0n) is 11.5. The summed E-state index contributed by atoms with van der Waals surface area (Å²) in [4.78, 5) is 0.